The van der Waals surface area contributed by atoms with E-state index in [-0.39, 0.29) is 0 Å². The van der Waals surface area contributed by atoms with Crippen molar-refractivity contribution in [1.82, 2.24) is 4.31 Å². The number of fused-ring (bicyclic) bond motifs is 2. The van der Waals surface area contributed by atoms with Crippen LogP contribution >= 0.6 is 0 Å². The molecule has 0 amide bonds. The van der Waals surface area contributed by atoms with E-state index in [1.807, 2.05) is 18.2 Å². The molecule has 1 spiro atoms. The Balaban J connectivity index is 1.62. The van der Waals surface area contributed by atoms with Gasteiger partial charge in [0.25, 0.3) is 0 Å². The van der Waals surface area contributed by atoms with Crippen LogP contribution in [-0.2, 0) is 26.8 Å². The number of hydrogen-bond donors (Lipinski definition) is 0. The highest BCUT2D eigenvalue weighted by molar-refractivity contribution is 7.89. The summed E-state index contributed by atoms with van der Waals surface area (Å²) in [6.07, 6.45) is 2.03. The van der Waals surface area contributed by atoms with Crippen LogP contribution < -0.4 is 9.47 Å². The SMILES string of the molecule is COc1cc2c(cc1OC)C1(CCN(S(=O)(=O)c3ccccc3)CC1)OCC2. The standard InChI is InChI=1S/C21H25NO5S/c1-25-19-14-16-8-13-27-21(18(16)15-20(19)26-2)9-11-22(12-10-21)28(23,24)17-6-4-3-5-7-17/h3-7,14-15H,8-13H2,1-2H3. The molecule has 1 saturated heterocycles. The molecule has 28 heavy (non-hydrogen) atoms. The highest BCUT2D eigenvalue weighted by atomic mass is 32.2. The largest absolute Gasteiger partial charge is 0.493 e. The molecule has 2 heterocycles. The predicted octanol–water partition coefficient (Wildman–Crippen LogP) is 2.96. The molecule has 2 aromatic rings. The Morgan fingerprint density at radius 3 is 2.29 bits per heavy atom. The lowest BCUT2D eigenvalue weighted by Gasteiger charge is -2.44. The summed E-state index contributed by atoms with van der Waals surface area (Å²) in [5.74, 6) is 1.38. The molecule has 4 rings (SSSR count). The number of piperidine rings is 1. The Labute approximate surface area is 166 Å². The van der Waals surface area contributed by atoms with Crippen LogP contribution in [0.5, 0.6) is 11.5 Å². The molecule has 150 valence electrons. The van der Waals surface area contributed by atoms with E-state index in [9.17, 15) is 8.42 Å². The topological polar surface area (TPSA) is 65.1 Å². The Kier molecular flexibility index (Phi) is 5.07. The monoisotopic (exact) mass is 403 g/mol. The van der Waals surface area contributed by atoms with Gasteiger partial charge in [-0.3, -0.25) is 0 Å². The molecule has 0 radical (unpaired) electrons. The summed E-state index contributed by atoms with van der Waals surface area (Å²) in [4.78, 5) is 0.335. The first-order valence-corrected chi connectivity index (χ1v) is 10.9. The molecule has 0 N–H and O–H groups in total. The third-order valence-corrected chi connectivity index (χ3v) is 7.67. The fraction of sp³-hybridized carbons (Fsp3) is 0.429. The summed E-state index contributed by atoms with van der Waals surface area (Å²) in [6, 6.07) is 12.6. The zero-order chi connectivity index (χ0) is 19.8. The van der Waals surface area contributed by atoms with Crippen molar-refractivity contribution in [3.63, 3.8) is 0 Å². The van der Waals surface area contributed by atoms with Crippen LogP contribution in [0.2, 0.25) is 0 Å². The number of nitrogens with zero attached hydrogens (tertiary/aromatic N) is 1. The van der Waals surface area contributed by atoms with Gasteiger partial charge in [-0.25, -0.2) is 8.42 Å². The molecular weight excluding hydrogens is 378 g/mol. The van der Waals surface area contributed by atoms with Crippen molar-refractivity contribution in [3.05, 3.63) is 53.6 Å². The summed E-state index contributed by atoms with van der Waals surface area (Å²) in [5, 5.41) is 0. The number of rotatable bonds is 4. The van der Waals surface area contributed by atoms with Crippen LogP contribution in [0.1, 0.15) is 24.0 Å². The number of methoxy groups -OCH3 is 2. The van der Waals surface area contributed by atoms with E-state index in [1.54, 1.807) is 42.8 Å². The lowest BCUT2D eigenvalue weighted by Crippen LogP contribution is -2.48. The quantitative estimate of drug-likeness (QED) is 0.785. The van der Waals surface area contributed by atoms with Gasteiger partial charge in [-0.1, -0.05) is 18.2 Å². The third-order valence-electron chi connectivity index (χ3n) is 5.76. The van der Waals surface area contributed by atoms with E-state index in [4.69, 9.17) is 14.2 Å². The summed E-state index contributed by atoms with van der Waals surface area (Å²) in [6.45, 7) is 1.46. The van der Waals surface area contributed by atoms with Gasteiger partial charge < -0.3 is 14.2 Å². The van der Waals surface area contributed by atoms with E-state index in [0.29, 0.717) is 48.9 Å². The van der Waals surface area contributed by atoms with Gasteiger partial charge in [0.2, 0.25) is 10.0 Å². The summed E-state index contributed by atoms with van der Waals surface area (Å²) >= 11 is 0. The molecule has 0 unspecified atom stereocenters. The molecule has 2 aliphatic heterocycles. The van der Waals surface area contributed by atoms with Crippen LogP contribution in [0.3, 0.4) is 0 Å². The van der Waals surface area contributed by atoms with Crippen LogP contribution in [0.25, 0.3) is 0 Å². The van der Waals surface area contributed by atoms with Crippen molar-refractivity contribution < 1.29 is 22.6 Å². The minimum absolute atomic E-state index is 0.335. The van der Waals surface area contributed by atoms with E-state index in [2.05, 4.69) is 0 Å². The van der Waals surface area contributed by atoms with Crippen molar-refractivity contribution in [3.8, 4) is 11.5 Å². The van der Waals surface area contributed by atoms with E-state index >= 15 is 0 Å². The third kappa shape index (κ3) is 3.17. The smallest absolute Gasteiger partial charge is 0.243 e. The lowest BCUT2D eigenvalue weighted by atomic mass is 9.79. The molecule has 6 nitrogen and oxygen atoms in total. The van der Waals surface area contributed by atoms with Crippen LogP contribution in [-0.4, -0.2) is 46.6 Å². The molecule has 0 saturated carbocycles. The molecule has 7 heteroatoms. The molecule has 2 aromatic carbocycles. The first-order valence-electron chi connectivity index (χ1n) is 9.45. The van der Waals surface area contributed by atoms with Crippen molar-refractivity contribution in [1.29, 1.82) is 0 Å². The lowest BCUT2D eigenvalue weighted by molar-refractivity contribution is -0.0893. The first-order chi connectivity index (χ1) is 13.5. The normalized spacial score (nSPS) is 19.2. The summed E-state index contributed by atoms with van der Waals surface area (Å²) < 4.78 is 44.6. The number of ether oxygens (including phenoxy) is 3. The fourth-order valence-corrected chi connectivity index (χ4v) is 5.69. The van der Waals surface area contributed by atoms with Gasteiger partial charge in [0.15, 0.2) is 11.5 Å². The molecule has 0 aliphatic carbocycles. The average Bonchev–Trinajstić information content (AvgIpc) is 2.74. The minimum atomic E-state index is -3.49. The summed E-state index contributed by atoms with van der Waals surface area (Å²) in [7, 11) is -0.233. The van der Waals surface area contributed by atoms with Crippen LogP contribution in [0.15, 0.2) is 47.4 Å². The van der Waals surface area contributed by atoms with Crippen molar-refractivity contribution >= 4 is 10.0 Å². The Morgan fingerprint density at radius 1 is 1.00 bits per heavy atom. The molecule has 0 aromatic heterocycles. The van der Waals surface area contributed by atoms with Crippen LogP contribution in [0.4, 0.5) is 0 Å². The van der Waals surface area contributed by atoms with Gasteiger partial charge in [0, 0.05) is 13.1 Å². The minimum Gasteiger partial charge on any atom is -0.493 e. The fourth-order valence-electron chi connectivity index (χ4n) is 4.23. The van der Waals surface area contributed by atoms with Crippen molar-refractivity contribution in [2.75, 3.05) is 33.9 Å². The molecular formula is C21H25NO5S. The van der Waals surface area contributed by atoms with Gasteiger partial charge in [-0.15, -0.1) is 0 Å². The number of hydrogen-bond acceptors (Lipinski definition) is 5. The molecule has 0 atom stereocenters. The maximum absolute atomic E-state index is 12.9. The maximum atomic E-state index is 12.9. The van der Waals surface area contributed by atoms with Crippen molar-refractivity contribution in [2.24, 2.45) is 0 Å². The summed E-state index contributed by atoms with van der Waals surface area (Å²) in [5.41, 5.74) is 1.80. The van der Waals surface area contributed by atoms with E-state index in [1.165, 1.54) is 5.56 Å². The zero-order valence-corrected chi connectivity index (χ0v) is 17.0. The number of sulfonamides is 1. The highest BCUT2D eigenvalue weighted by Gasteiger charge is 2.43. The first kappa shape index (κ1) is 19.2. The van der Waals surface area contributed by atoms with Crippen molar-refractivity contribution in [2.45, 2.75) is 29.8 Å². The average molecular weight is 404 g/mol. The molecule has 0 bridgehead atoms. The van der Waals surface area contributed by atoms with Gasteiger partial charge in [-0.05, 0) is 54.7 Å². The highest BCUT2D eigenvalue weighted by Crippen LogP contribution is 2.45. The van der Waals surface area contributed by atoms with Gasteiger partial charge in [0.1, 0.15) is 0 Å². The van der Waals surface area contributed by atoms with Gasteiger partial charge in [-0.2, -0.15) is 4.31 Å². The Morgan fingerprint density at radius 2 is 1.64 bits per heavy atom. The maximum Gasteiger partial charge on any atom is 0.243 e. The zero-order valence-electron chi connectivity index (χ0n) is 16.2. The van der Waals surface area contributed by atoms with Crippen LogP contribution in [0, 0.1) is 0 Å². The number of benzene rings is 2. The van der Waals surface area contributed by atoms with E-state index in [0.717, 1.165) is 12.0 Å². The second-order valence-electron chi connectivity index (χ2n) is 7.17. The van der Waals surface area contributed by atoms with Gasteiger partial charge >= 0.3 is 0 Å². The predicted molar refractivity (Wildman–Crippen MR) is 105 cm³/mol. The Bertz CT molecular complexity index is 950. The molecule has 2 aliphatic rings. The van der Waals surface area contributed by atoms with Gasteiger partial charge in [0.05, 0.1) is 31.3 Å². The second-order valence-corrected chi connectivity index (χ2v) is 9.11. The second kappa shape index (κ2) is 7.39. The Hall–Kier alpha value is -2.09. The molecule has 1 fully saturated rings. The van der Waals surface area contributed by atoms with E-state index < -0.39 is 15.6 Å².